The van der Waals surface area contributed by atoms with E-state index in [0.717, 1.165) is 10.9 Å². The Labute approximate surface area is 166 Å². The predicted molar refractivity (Wildman–Crippen MR) is 101 cm³/mol. The first-order valence-electron chi connectivity index (χ1n) is 9.48. The van der Waals surface area contributed by atoms with Gasteiger partial charge in [-0.3, -0.25) is 14.3 Å². The van der Waals surface area contributed by atoms with Gasteiger partial charge in [0.05, 0.1) is 11.8 Å². The molecule has 0 saturated carbocycles. The van der Waals surface area contributed by atoms with E-state index in [0.29, 0.717) is 18.5 Å². The number of benzene rings is 1. The van der Waals surface area contributed by atoms with Crippen molar-refractivity contribution in [3.05, 3.63) is 47.8 Å². The van der Waals surface area contributed by atoms with Crippen LogP contribution in [0.5, 0.6) is 0 Å². The average Bonchev–Trinajstić information content (AvgIpc) is 3.14. The Bertz CT molecular complexity index is 870. The molecule has 1 aromatic heterocycles. The standard InChI is InChI=1S/C20H23F3N4O2/c1-13(2)27-17(20(21,22)23)16(12-24-27)19(29)26-10-8-14(9-11-26)18(28)25-15-6-4-3-5-7-15/h3-7,12-14H,8-11H2,1-2H3,(H,25,28). The van der Waals surface area contributed by atoms with Crippen molar-refractivity contribution in [1.29, 1.82) is 0 Å². The number of hydrogen-bond acceptors (Lipinski definition) is 3. The molecule has 2 aromatic rings. The van der Waals surface area contributed by atoms with Crippen LogP contribution in [0.2, 0.25) is 0 Å². The first-order chi connectivity index (χ1) is 13.7. The lowest BCUT2D eigenvalue weighted by Gasteiger charge is -2.31. The van der Waals surface area contributed by atoms with Gasteiger partial charge in [-0.2, -0.15) is 18.3 Å². The van der Waals surface area contributed by atoms with Crippen molar-refractivity contribution < 1.29 is 22.8 Å². The summed E-state index contributed by atoms with van der Waals surface area (Å²) in [5, 5.41) is 6.60. The van der Waals surface area contributed by atoms with Crippen molar-refractivity contribution in [3.63, 3.8) is 0 Å². The number of amides is 2. The van der Waals surface area contributed by atoms with E-state index in [4.69, 9.17) is 0 Å². The van der Waals surface area contributed by atoms with E-state index in [1.54, 1.807) is 26.0 Å². The van der Waals surface area contributed by atoms with Crippen molar-refractivity contribution in [2.75, 3.05) is 18.4 Å². The van der Waals surface area contributed by atoms with Crippen LogP contribution in [0.3, 0.4) is 0 Å². The number of hydrogen-bond donors (Lipinski definition) is 1. The van der Waals surface area contributed by atoms with E-state index in [-0.39, 0.29) is 24.9 Å². The topological polar surface area (TPSA) is 67.2 Å². The first kappa shape index (κ1) is 20.9. The number of carbonyl (C=O) groups excluding carboxylic acids is 2. The fourth-order valence-electron chi connectivity index (χ4n) is 3.47. The number of aromatic nitrogens is 2. The summed E-state index contributed by atoms with van der Waals surface area (Å²) in [6, 6.07) is 8.50. The minimum absolute atomic E-state index is 0.146. The molecule has 9 heteroatoms. The van der Waals surface area contributed by atoms with Crippen LogP contribution in [0.4, 0.5) is 18.9 Å². The molecule has 1 saturated heterocycles. The molecule has 0 unspecified atom stereocenters. The summed E-state index contributed by atoms with van der Waals surface area (Å²) in [7, 11) is 0. The summed E-state index contributed by atoms with van der Waals surface area (Å²) in [6.45, 7) is 3.59. The SMILES string of the molecule is CC(C)n1ncc(C(=O)N2CCC(C(=O)Nc3ccccc3)CC2)c1C(F)(F)F. The highest BCUT2D eigenvalue weighted by molar-refractivity contribution is 5.96. The van der Waals surface area contributed by atoms with Crippen LogP contribution in [0.15, 0.2) is 36.5 Å². The molecule has 1 N–H and O–H groups in total. The van der Waals surface area contributed by atoms with Gasteiger partial charge in [0.25, 0.3) is 5.91 Å². The van der Waals surface area contributed by atoms with E-state index in [2.05, 4.69) is 10.4 Å². The molecule has 0 radical (unpaired) electrons. The molecular formula is C20H23F3N4O2. The Kier molecular flexibility index (Phi) is 5.95. The highest BCUT2D eigenvalue weighted by atomic mass is 19.4. The summed E-state index contributed by atoms with van der Waals surface area (Å²) < 4.78 is 41.4. The maximum Gasteiger partial charge on any atom is 0.433 e. The Morgan fingerprint density at radius 1 is 1.14 bits per heavy atom. The molecule has 2 heterocycles. The van der Waals surface area contributed by atoms with Gasteiger partial charge in [0.15, 0.2) is 5.69 Å². The van der Waals surface area contributed by atoms with Gasteiger partial charge in [0, 0.05) is 30.7 Å². The lowest BCUT2D eigenvalue weighted by molar-refractivity contribution is -0.145. The molecule has 1 fully saturated rings. The molecule has 2 amide bonds. The minimum atomic E-state index is -4.68. The highest BCUT2D eigenvalue weighted by Crippen LogP contribution is 2.34. The van der Waals surface area contributed by atoms with Crippen LogP contribution < -0.4 is 5.32 Å². The molecule has 3 rings (SSSR count). The molecule has 0 atom stereocenters. The van der Waals surface area contributed by atoms with Crippen LogP contribution in [0.1, 0.15) is 48.8 Å². The lowest BCUT2D eigenvalue weighted by Crippen LogP contribution is -2.42. The number of carbonyl (C=O) groups is 2. The number of likely N-dealkylation sites (tertiary alicyclic amines) is 1. The lowest BCUT2D eigenvalue weighted by atomic mass is 9.95. The fourth-order valence-corrected chi connectivity index (χ4v) is 3.47. The zero-order chi connectivity index (χ0) is 21.2. The van der Waals surface area contributed by atoms with Crippen molar-refractivity contribution >= 4 is 17.5 Å². The third-order valence-electron chi connectivity index (χ3n) is 4.98. The van der Waals surface area contributed by atoms with Crippen molar-refractivity contribution in [3.8, 4) is 0 Å². The van der Waals surface area contributed by atoms with E-state index >= 15 is 0 Å². The number of nitrogens with one attached hydrogen (secondary N) is 1. The average molecular weight is 408 g/mol. The zero-order valence-corrected chi connectivity index (χ0v) is 16.2. The quantitative estimate of drug-likeness (QED) is 0.832. The highest BCUT2D eigenvalue weighted by Gasteiger charge is 2.42. The predicted octanol–water partition coefficient (Wildman–Crippen LogP) is 3.97. The minimum Gasteiger partial charge on any atom is -0.338 e. The largest absolute Gasteiger partial charge is 0.433 e. The number of piperidine rings is 1. The van der Waals surface area contributed by atoms with Gasteiger partial charge in [-0.15, -0.1) is 0 Å². The van der Waals surface area contributed by atoms with E-state index in [9.17, 15) is 22.8 Å². The smallest absolute Gasteiger partial charge is 0.338 e. The van der Waals surface area contributed by atoms with Gasteiger partial charge in [-0.1, -0.05) is 18.2 Å². The van der Waals surface area contributed by atoms with Crippen LogP contribution >= 0.6 is 0 Å². The van der Waals surface area contributed by atoms with Crippen molar-refractivity contribution in [2.45, 2.75) is 38.9 Å². The normalized spacial score (nSPS) is 15.6. The number of rotatable bonds is 4. The molecule has 29 heavy (non-hydrogen) atoms. The second kappa shape index (κ2) is 8.26. The Hall–Kier alpha value is -2.84. The van der Waals surface area contributed by atoms with Gasteiger partial charge in [0.1, 0.15) is 0 Å². The van der Waals surface area contributed by atoms with Crippen LogP contribution in [0, 0.1) is 5.92 Å². The second-order valence-corrected chi connectivity index (χ2v) is 7.36. The molecular weight excluding hydrogens is 385 g/mol. The summed E-state index contributed by atoms with van der Waals surface area (Å²) >= 11 is 0. The monoisotopic (exact) mass is 408 g/mol. The number of anilines is 1. The van der Waals surface area contributed by atoms with Gasteiger partial charge in [0.2, 0.25) is 5.91 Å². The molecule has 0 aliphatic carbocycles. The van der Waals surface area contributed by atoms with Gasteiger partial charge < -0.3 is 10.2 Å². The van der Waals surface area contributed by atoms with Gasteiger partial charge >= 0.3 is 6.18 Å². The number of halogens is 3. The number of para-hydroxylation sites is 1. The fraction of sp³-hybridized carbons (Fsp3) is 0.450. The molecule has 0 bridgehead atoms. The van der Waals surface area contributed by atoms with Gasteiger partial charge in [-0.05, 0) is 38.8 Å². The van der Waals surface area contributed by atoms with Gasteiger partial charge in [-0.25, -0.2) is 0 Å². The Morgan fingerprint density at radius 2 is 1.76 bits per heavy atom. The zero-order valence-electron chi connectivity index (χ0n) is 16.2. The maximum atomic E-state index is 13.5. The third kappa shape index (κ3) is 4.60. The summed E-state index contributed by atoms with van der Waals surface area (Å²) in [5.41, 5.74) is -0.785. The maximum absolute atomic E-state index is 13.5. The van der Waals surface area contributed by atoms with Crippen LogP contribution in [-0.2, 0) is 11.0 Å². The molecule has 1 aliphatic heterocycles. The van der Waals surface area contributed by atoms with E-state index < -0.39 is 29.4 Å². The molecule has 0 spiro atoms. The second-order valence-electron chi connectivity index (χ2n) is 7.36. The first-order valence-corrected chi connectivity index (χ1v) is 9.48. The van der Waals surface area contributed by atoms with E-state index in [1.165, 1.54) is 4.90 Å². The number of alkyl halides is 3. The van der Waals surface area contributed by atoms with Crippen LogP contribution in [-0.4, -0.2) is 39.6 Å². The molecule has 6 nitrogen and oxygen atoms in total. The van der Waals surface area contributed by atoms with Crippen molar-refractivity contribution in [2.24, 2.45) is 5.92 Å². The molecule has 1 aromatic carbocycles. The molecule has 1 aliphatic rings. The molecule has 156 valence electrons. The van der Waals surface area contributed by atoms with E-state index in [1.807, 2.05) is 18.2 Å². The summed E-state index contributed by atoms with van der Waals surface area (Å²) in [6.07, 6.45) is -2.91. The Morgan fingerprint density at radius 3 is 2.31 bits per heavy atom. The summed E-state index contributed by atoms with van der Waals surface area (Å²) in [4.78, 5) is 26.5. The number of nitrogens with zero attached hydrogens (tertiary/aromatic N) is 3. The Balaban J connectivity index is 1.67. The third-order valence-corrected chi connectivity index (χ3v) is 4.98. The van der Waals surface area contributed by atoms with Crippen LogP contribution in [0.25, 0.3) is 0 Å². The van der Waals surface area contributed by atoms with Crippen molar-refractivity contribution in [1.82, 2.24) is 14.7 Å². The summed E-state index contributed by atoms with van der Waals surface area (Å²) in [5.74, 6) is -1.14.